The summed E-state index contributed by atoms with van der Waals surface area (Å²) in [6.07, 6.45) is 31.8. The first-order valence-electron chi connectivity index (χ1n) is 45.6. The normalized spacial score (nSPS) is 10.9. The molecule has 0 radical (unpaired) electrons. The van der Waals surface area contributed by atoms with Crippen molar-refractivity contribution in [3.8, 4) is 115 Å². The number of anilines is 10. The minimum atomic E-state index is -0.892. The third kappa shape index (κ3) is 22.8. The fourth-order valence-corrected chi connectivity index (χ4v) is 16.1. The molecule has 0 atom stereocenters. The zero-order chi connectivity index (χ0) is 104. The molecule has 0 aliphatic heterocycles. The van der Waals surface area contributed by atoms with Gasteiger partial charge in [-0.3, -0.25) is 58.6 Å². The van der Waals surface area contributed by atoms with Crippen LogP contribution in [0.25, 0.3) is 100 Å². The quantitative estimate of drug-likeness (QED) is 0.0381. The van der Waals surface area contributed by atoms with E-state index in [-0.39, 0.29) is 54.6 Å². The van der Waals surface area contributed by atoms with Gasteiger partial charge in [-0.05, 0) is 103 Å². The second-order valence-corrected chi connectivity index (χ2v) is 33.0. The summed E-state index contributed by atoms with van der Waals surface area (Å²) in [5.74, 6) is 4.68. The van der Waals surface area contributed by atoms with Crippen molar-refractivity contribution < 1.29 is 65.7 Å². The molecule has 20 aromatic rings. The SMILES string of the molecule is C#CCN(c1ccc2ncc(-c3cnn(C)c3)nc2c1)c1c(F)c(OC)cc(OC)c1F.COc1cc(OC)cc(N(CC(=O)Nc2nccc(OC)n2)c2ccc3ncc(-c4cnn(C)c4)nc3c2)c1.COc1cc(OC)cc(N(CC(=O)Nc2ncccc2OC)c2ccc3ncc(-c4cnn(C)c4)nc3c2)c1.COc1cc(OC)cc(N(Cc2cc3ncccc3n2C)c2ccc3ncc(-c4cnn(C)c4)nc3c2)c1. The van der Waals surface area contributed by atoms with Crippen molar-refractivity contribution >= 4 is 124 Å². The summed E-state index contributed by atoms with van der Waals surface area (Å²) in [5.41, 5.74) is 19.6. The van der Waals surface area contributed by atoms with E-state index in [1.54, 1.807) is 173 Å². The summed E-state index contributed by atoms with van der Waals surface area (Å²) >= 11 is 0. The monoisotopic (exact) mass is 1990 g/mol. The third-order valence-corrected chi connectivity index (χ3v) is 23.5. The molecule has 12 heterocycles. The Balaban J connectivity index is 0.000000135. The maximum Gasteiger partial charge on any atom is 0.246 e. The van der Waals surface area contributed by atoms with E-state index >= 15 is 8.78 Å². The lowest BCUT2D eigenvalue weighted by molar-refractivity contribution is -0.115. The minimum Gasteiger partial charge on any atom is -0.497 e. The molecular formula is C107H99F2N27O12. The van der Waals surface area contributed by atoms with Crippen molar-refractivity contribution in [3.63, 3.8) is 0 Å². The van der Waals surface area contributed by atoms with E-state index in [4.69, 9.17) is 68.7 Å². The average Bonchev–Trinajstić information content (AvgIpc) is 1.58. The van der Waals surface area contributed by atoms with E-state index in [9.17, 15) is 9.59 Å². The van der Waals surface area contributed by atoms with Crippen LogP contribution in [-0.4, -0.2) is 206 Å². The van der Waals surface area contributed by atoms with E-state index in [1.165, 1.54) is 39.5 Å². The molecule has 39 nitrogen and oxygen atoms in total. The molecule has 0 bridgehead atoms. The van der Waals surface area contributed by atoms with Crippen molar-refractivity contribution in [2.75, 3.05) is 121 Å². The molecular weight excluding hydrogens is 1890 g/mol. The largest absolute Gasteiger partial charge is 0.497 e. The van der Waals surface area contributed by atoms with Gasteiger partial charge < -0.3 is 76.9 Å². The highest BCUT2D eigenvalue weighted by molar-refractivity contribution is 5.98. The zero-order valence-corrected chi connectivity index (χ0v) is 83.1. The molecule has 2 N–H and O–H groups in total. The van der Waals surface area contributed by atoms with Gasteiger partial charge in [0.15, 0.2) is 34.7 Å². The fraction of sp³-hybridized carbons (Fsp3) is 0.178. The average molecular weight is 1990 g/mol. The molecule has 41 heteroatoms. The highest BCUT2D eigenvalue weighted by Gasteiger charge is 2.29. The number of nitrogens with one attached hydrogen (secondary N) is 2. The van der Waals surface area contributed by atoms with Crippen molar-refractivity contribution in [1.82, 2.24) is 103 Å². The fourth-order valence-electron chi connectivity index (χ4n) is 16.1. The molecule has 0 unspecified atom stereocenters. The van der Waals surface area contributed by atoms with Crippen LogP contribution >= 0.6 is 0 Å². The maximum absolute atomic E-state index is 15.1. The number of hydrogen-bond acceptors (Lipinski definition) is 32. The van der Waals surface area contributed by atoms with Crippen molar-refractivity contribution in [3.05, 3.63) is 280 Å². The Bertz CT molecular complexity index is 8200. The number of fused-ring (bicyclic) bond motifs is 5. The molecule has 2 amide bonds. The Labute approximate surface area is 846 Å². The van der Waals surface area contributed by atoms with Gasteiger partial charge in [0.05, 0.1) is 212 Å². The van der Waals surface area contributed by atoms with Gasteiger partial charge in [-0.2, -0.15) is 25.4 Å². The first kappa shape index (κ1) is 100.0. The summed E-state index contributed by atoms with van der Waals surface area (Å²) in [6, 6.07) is 51.5. The second kappa shape index (κ2) is 45.1. The molecule has 0 fully saturated rings. The van der Waals surface area contributed by atoms with Crippen LogP contribution < -0.4 is 77.6 Å². The molecule has 0 spiro atoms. The number of aromatic nitrogens is 21. The molecule has 148 heavy (non-hydrogen) atoms. The number of aryl methyl sites for hydroxylation is 5. The predicted octanol–water partition coefficient (Wildman–Crippen LogP) is 17.2. The molecule has 0 aliphatic rings. The first-order chi connectivity index (χ1) is 71.9. The van der Waals surface area contributed by atoms with Crippen LogP contribution in [0.15, 0.2) is 263 Å². The van der Waals surface area contributed by atoms with Gasteiger partial charge >= 0.3 is 0 Å². The van der Waals surface area contributed by atoms with E-state index in [1.807, 2.05) is 153 Å². The molecule has 748 valence electrons. The van der Waals surface area contributed by atoms with Gasteiger partial charge in [-0.25, -0.2) is 38.7 Å². The van der Waals surface area contributed by atoms with Crippen LogP contribution in [0.1, 0.15) is 5.69 Å². The van der Waals surface area contributed by atoms with Crippen LogP contribution in [-0.2, 0) is 51.4 Å². The van der Waals surface area contributed by atoms with Crippen LogP contribution in [0, 0.1) is 24.0 Å². The predicted molar refractivity (Wildman–Crippen MR) is 558 cm³/mol. The van der Waals surface area contributed by atoms with Crippen LogP contribution in [0.3, 0.4) is 0 Å². The number of terminal acetylenes is 1. The third-order valence-electron chi connectivity index (χ3n) is 23.5. The zero-order valence-electron chi connectivity index (χ0n) is 83.1. The summed E-state index contributed by atoms with van der Waals surface area (Å²) < 4.78 is 93.0. The van der Waals surface area contributed by atoms with Crippen LogP contribution in [0.5, 0.6) is 57.6 Å². The Morgan fingerprint density at radius 1 is 0.345 bits per heavy atom. The van der Waals surface area contributed by atoms with Gasteiger partial charge in [0.25, 0.3) is 0 Å². The van der Waals surface area contributed by atoms with Crippen molar-refractivity contribution in [2.24, 2.45) is 35.2 Å². The summed E-state index contributed by atoms with van der Waals surface area (Å²) in [7, 11) is 24.7. The van der Waals surface area contributed by atoms with Crippen LogP contribution in [0.4, 0.5) is 66.0 Å². The number of pyridine rings is 2. The van der Waals surface area contributed by atoms with Crippen molar-refractivity contribution in [1.29, 1.82) is 0 Å². The Kier molecular flexibility index (Phi) is 30.5. The van der Waals surface area contributed by atoms with Crippen molar-refractivity contribution in [2.45, 2.75) is 6.54 Å². The molecule has 8 aromatic carbocycles. The number of carbonyl (C=O) groups excluding carboxylic acids is 2. The highest BCUT2D eigenvalue weighted by atomic mass is 19.1. The van der Waals surface area contributed by atoms with Gasteiger partial charge in [0, 0.05) is 213 Å². The number of methoxy groups -OCH3 is 10. The van der Waals surface area contributed by atoms with Gasteiger partial charge in [0.2, 0.25) is 23.6 Å². The van der Waals surface area contributed by atoms with Gasteiger partial charge in [-0.1, -0.05) is 5.92 Å². The standard InChI is InChI=1S/C29H27N7O2.C28H27N7O4.C27H26N8O4.C23H19F2N5O2/c1-34-17-19(15-32-34)28-16-31-25-8-7-20(12-26(25)33-28)36(21-10-23(37-3)14-24(11-21)38-4)18-22-13-27-29(35(22)2)6-5-9-30-27;1-34-16-18(14-31-34)25-15-30-23-8-7-19(12-24(23)32-25)35(20-10-21(37-2)13-22(11-20)38-3)17-27(36)33-28-26(39-4)6-5-9-29-28;1-34-15-17(13-30-34)24-14-29-22-6-5-18(11-23(22)31-24)35(19-9-20(37-2)12-21(10-19)38-3)16-25(36)32-27-28-8-7-26(33-27)39-4;1-5-8-30(23-21(24)19(31-3)10-20(32-4)22(23)25)15-6-7-16-17(9-15)28-18(12-26-16)14-11-27-29(2)13-14/h5-17H,18H2,1-4H3;5-16H,17H2,1-4H3,(H,29,33,36);5-15H,16H2,1-4H3,(H,28,32,33,36);1,6-7,9-13H,8H2,2-4H3. The summed E-state index contributed by atoms with van der Waals surface area (Å²) in [6.45, 7) is 0.366. The molecule has 20 rings (SSSR count). The maximum atomic E-state index is 15.1. The second-order valence-electron chi connectivity index (χ2n) is 33.0. The first-order valence-corrected chi connectivity index (χ1v) is 45.6. The molecule has 12 aromatic heterocycles. The topological polar surface area (TPSA) is 394 Å². The number of amides is 2. The van der Waals surface area contributed by atoms with E-state index in [0.717, 1.165) is 84.4 Å². The van der Waals surface area contributed by atoms with Gasteiger partial charge in [0.1, 0.15) is 53.3 Å². The number of halogens is 2. The van der Waals surface area contributed by atoms with E-state index in [2.05, 4.69) is 123 Å². The number of carbonyl (C=O) groups is 2. The lowest BCUT2D eigenvalue weighted by Gasteiger charge is -2.26. The van der Waals surface area contributed by atoms with Crippen LogP contribution in [0.2, 0.25) is 0 Å². The number of hydrogen-bond donors (Lipinski definition) is 2. The Hall–Kier alpha value is -19.6. The lowest BCUT2D eigenvalue weighted by Crippen LogP contribution is -2.30. The number of nitrogens with zero attached hydrogens (tertiary/aromatic N) is 25. The lowest BCUT2D eigenvalue weighted by atomic mass is 10.1. The van der Waals surface area contributed by atoms with E-state index in [0.29, 0.717) is 126 Å². The molecule has 0 saturated carbocycles. The number of ether oxygens (including phenoxy) is 10. The van der Waals surface area contributed by atoms with Gasteiger partial charge in [-0.15, -0.1) is 6.42 Å². The Morgan fingerprint density at radius 3 is 1.08 bits per heavy atom. The molecule has 0 aliphatic carbocycles. The smallest absolute Gasteiger partial charge is 0.246 e. The summed E-state index contributed by atoms with van der Waals surface area (Å²) in [4.78, 5) is 88.2. The van der Waals surface area contributed by atoms with E-state index < -0.39 is 11.6 Å². The number of rotatable bonds is 31. The minimum absolute atomic E-state index is 0.0444. The highest BCUT2D eigenvalue weighted by Crippen LogP contribution is 2.44. The summed E-state index contributed by atoms with van der Waals surface area (Å²) in [5, 5.41) is 22.4. The number of benzene rings is 8. The molecule has 0 saturated heterocycles. The Morgan fingerprint density at radius 2 is 0.716 bits per heavy atom.